The molecule has 2 rings (SSSR count). The van der Waals surface area contributed by atoms with Crippen LogP contribution in [0.3, 0.4) is 0 Å². The smallest absolute Gasteiger partial charge is 0.274 e. The van der Waals surface area contributed by atoms with Crippen LogP contribution < -0.4 is 5.56 Å². The molecule has 1 aliphatic carbocycles. The Labute approximate surface area is 80.5 Å². The van der Waals surface area contributed by atoms with Crippen LogP contribution in [0.2, 0.25) is 0 Å². The topological polar surface area (TPSA) is 45.2 Å². The predicted octanol–water partition coefficient (Wildman–Crippen LogP) is 1.99. The molecule has 0 saturated heterocycles. The van der Waals surface area contributed by atoms with E-state index < -0.39 is 0 Å². The van der Waals surface area contributed by atoms with Crippen molar-refractivity contribution >= 4 is 23.1 Å². The number of H-pyrrole nitrogens is 1. The molecule has 3 nitrogen and oxygen atoms in total. The maximum absolute atomic E-state index is 11.2. The van der Waals surface area contributed by atoms with E-state index in [1.54, 1.807) is 12.3 Å². The van der Waals surface area contributed by atoms with Crippen LogP contribution in [0.5, 0.6) is 0 Å². The number of aliphatic imine (C=N–C) groups is 1. The van der Waals surface area contributed by atoms with E-state index in [4.69, 9.17) is 0 Å². The molecule has 4 heteroatoms. The van der Waals surface area contributed by atoms with Crippen molar-refractivity contribution in [3.8, 4) is 0 Å². The lowest BCUT2D eigenvalue weighted by atomic mass is 10.2. The standard InChI is InChI=1S/C9H8N2OS/c12-9-8(11-5-13)3-7(4-10-9)6-1-2-6/h3-4,6H,1-2H2,(H,10,12). The van der Waals surface area contributed by atoms with Crippen LogP contribution in [0.4, 0.5) is 5.69 Å². The molecule has 1 fully saturated rings. The molecule has 0 bridgehead atoms. The first-order valence-electron chi connectivity index (χ1n) is 4.12. The molecular formula is C9H8N2OS. The van der Waals surface area contributed by atoms with E-state index in [-0.39, 0.29) is 5.56 Å². The fourth-order valence-electron chi connectivity index (χ4n) is 1.27. The van der Waals surface area contributed by atoms with E-state index in [9.17, 15) is 4.79 Å². The van der Waals surface area contributed by atoms with Gasteiger partial charge in [-0.25, -0.2) is 0 Å². The Morgan fingerprint density at radius 1 is 1.62 bits per heavy atom. The molecule has 1 heterocycles. The SMILES string of the molecule is O=c1[nH]cc(C2CC2)cc1N=C=S. The van der Waals surface area contributed by atoms with E-state index >= 15 is 0 Å². The molecule has 0 atom stereocenters. The van der Waals surface area contributed by atoms with Gasteiger partial charge >= 0.3 is 0 Å². The lowest BCUT2D eigenvalue weighted by Gasteiger charge is -1.96. The summed E-state index contributed by atoms with van der Waals surface area (Å²) < 4.78 is 0. The van der Waals surface area contributed by atoms with Gasteiger partial charge in [0, 0.05) is 6.20 Å². The Morgan fingerprint density at radius 2 is 2.38 bits per heavy atom. The molecule has 1 saturated carbocycles. The first-order valence-corrected chi connectivity index (χ1v) is 4.52. The monoisotopic (exact) mass is 192 g/mol. The zero-order valence-electron chi connectivity index (χ0n) is 6.91. The Kier molecular flexibility index (Phi) is 2.08. The first kappa shape index (κ1) is 8.35. The van der Waals surface area contributed by atoms with Crippen LogP contribution in [0, 0.1) is 0 Å². The fourth-order valence-corrected chi connectivity index (χ4v) is 1.37. The average molecular weight is 192 g/mol. The number of aromatic nitrogens is 1. The largest absolute Gasteiger partial charge is 0.327 e. The Hall–Kier alpha value is -1.25. The number of nitrogens with zero attached hydrogens (tertiary/aromatic N) is 1. The Morgan fingerprint density at radius 3 is 3.00 bits per heavy atom. The molecule has 13 heavy (non-hydrogen) atoms. The number of thiocarbonyl (C=S) groups is 1. The van der Waals surface area contributed by atoms with Crippen LogP contribution >= 0.6 is 12.2 Å². The van der Waals surface area contributed by atoms with E-state index in [0.29, 0.717) is 11.6 Å². The number of rotatable bonds is 2. The maximum Gasteiger partial charge on any atom is 0.274 e. The third-order valence-corrected chi connectivity index (χ3v) is 2.21. The average Bonchev–Trinajstić information content (AvgIpc) is 2.92. The van der Waals surface area contributed by atoms with Crippen LogP contribution in [0.25, 0.3) is 0 Å². The molecular weight excluding hydrogens is 184 g/mol. The molecule has 0 radical (unpaired) electrons. The number of pyridine rings is 1. The molecule has 1 N–H and O–H groups in total. The van der Waals surface area contributed by atoms with Gasteiger partial charge in [0.15, 0.2) is 0 Å². The summed E-state index contributed by atoms with van der Waals surface area (Å²) in [4.78, 5) is 17.5. The van der Waals surface area contributed by atoms with Crippen molar-refractivity contribution in [3.05, 3.63) is 28.2 Å². The molecule has 1 aromatic heterocycles. The highest BCUT2D eigenvalue weighted by molar-refractivity contribution is 7.78. The minimum atomic E-state index is -0.207. The third kappa shape index (κ3) is 1.74. The molecule has 0 amide bonds. The van der Waals surface area contributed by atoms with Gasteiger partial charge in [0.2, 0.25) is 0 Å². The summed E-state index contributed by atoms with van der Waals surface area (Å²) in [6.45, 7) is 0. The van der Waals surface area contributed by atoms with Crippen molar-refractivity contribution in [2.24, 2.45) is 4.99 Å². The minimum absolute atomic E-state index is 0.207. The van der Waals surface area contributed by atoms with Crippen LogP contribution in [0.15, 0.2) is 22.1 Å². The number of aromatic amines is 1. The normalized spacial score (nSPS) is 15.1. The van der Waals surface area contributed by atoms with Gasteiger partial charge in [-0.1, -0.05) is 0 Å². The van der Waals surface area contributed by atoms with Gasteiger partial charge in [-0.3, -0.25) is 4.79 Å². The third-order valence-electron chi connectivity index (χ3n) is 2.12. The molecule has 1 aliphatic rings. The Bertz CT molecular complexity index is 427. The van der Waals surface area contributed by atoms with E-state index in [1.165, 1.54) is 12.8 Å². The van der Waals surface area contributed by atoms with Crippen molar-refractivity contribution in [1.82, 2.24) is 4.98 Å². The maximum atomic E-state index is 11.2. The summed E-state index contributed by atoms with van der Waals surface area (Å²) in [6.07, 6.45) is 4.15. The quantitative estimate of drug-likeness (QED) is 0.575. The number of hydrogen-bond donors (Lipinski definition) is 1. The number of isothiocyanates is 1. The van der Waals surface area contributed by atoms with Crippen LogP contribution in [-0.2, 0) is 0 Å². The lowest BCUT2D eigenvalue weighted by Crippen LogP contribution is -2.04. The highest BCUT2D eigenvalue weighted by Crippen LogP contribution is 2.40. The van der Waals surface area contributed by atoms with Gasteiger partial charge in [0.1, 0.15) is 5.69 Å². The molecule has 0 aliphatic heterocycles. The van der Waals surface area contributed by atoms with Crippen molar-refractivity contribution in [1.29, 1.82) is 0 Å². The number of hydrogen-bond acceptors (Lipinski definition) is 3. The van der Waals surface area contributed by atoms with Crippen LogP contribution in [-0.4, -0.2) is 10.1 Å². The molecule has 1 aromatic rings. The van der Waals surface area contributed by atoms with E-state index in [1.807, 2.05) is 0 Å². The summed E-state index contributed by atoms with van der Waals surface area (Å²) in [7, 11) is 0. The number of nitrogens with one attached hydrogen (secondary N) is 1. The summed E-state index contributed by atoms with van der Waals surface area (Å²) in [5.74, 6) is 0.607. The molecule has 0 spiro atoms. The second-order valence-corrected chi connectivity index (χ2v) is 3.31. The highest BCUT2D eigenvalue weighted by Gasteiger charge is 2.24. The van der Waals surface area contributed by atoms with Gasteiger partial charge < -0.3 is 4.98 Å². The second kappa shape index (κ2) is 3.24. The van der Waals surface area contributed by atoms with Crippen molar-refractivity contribution < 1.29 is 0 Å². The van der Waals surface area contributed by atoms with Crippen molar-refractivity contribution in [2.75, 3.05) is 0 Å². The van der Waals surface area contributed by atoms with Gasteiger partial charge in [0.25, 0.3) is 5.56 Å². The molecule has 0 aromatic carbocycles. The zero-order chi connectivity index (χ0) is 9.26. The highest BCUT2D eigenvalue weighted by atomic mass is 32.1. The van der Waals surface area contributed by atoms with Crippen LogP contribution in [0.1, 0.15) is 24.3 Å². The minimum Gasteiger partial charge on any atom is -0.327 e. The van der Waals surface area contributed by atoms with Gasteiger partial charge in [-0.05, 0) is 42.6 Å². The van der Waals surface area contributed by atoms with E-state index in [2.05, 4.69) is 27.4 Å². The summed E-state index contributed by atoms with van der Waals surface area (Å²) in [5.41, 5.74) is 1.30. The van der Waals surface area contributed by atoms with Gasteiger partial charge in [-0.15, -0.1) is 0 Å². The molecule has 0 unspecified atom stereocenters. The van der Waals surface area contributed by atoms with Gasteiger partial charge in [0.05, 0.1) is 5.16 Å². The zero-order valence-corrected chi connectivity index (χ0v) is 7.73. The predicted molar refractivity (Wildman–Crippen MR) is 53.7 cm³/mol. The van der Waals surface area contributed by atoms with Crippen molar-refractivity contribution in [3.63, 3.8) is 0 Å². The van der Waals surface area contributed by atoms with Gasteiger partial charge in [-0.2, -0.15) is 4.99 Å². The van der Waals surface area contributed by atoms with E-state index in [0.717, 1.165) is 5.56 Å². The fraction of sp³-hybridized carbons (Fsp3) is 0.333. The van der Waals surface area contributed by atoms with Crippen molar-refractivity contribution in [2.45, 2.75) is 18.8 Å². The Balaban J connectivity index is 2.47. The first-order chi connectivity index (χ1) is 6.31. The molecule has 66 valence electrons. The summed E-state index contributed by atoms with van der Waals surface area (Å²) >= 11 is 4.45. The second-order valence-electron chi connectivity index (χ2n) is 3.12. The summed E-state index contributed by atoms with van der Waals surface area (Å²) in [5, 5.41) is 2.20. The summed E-state index contributed by atoms with van der Waals surface area (Å²) in [6, 6.07) is 1.79. The lowest BCUT2D eigenvalue weighted by molar-refractivity contribution is 1.07.